The highest BCUT2D eigenvalue weighted by Crippen LogP contribution is 2.32. The van der Waals surface area contributed by atoms with Crippen LogP contribution in [-0.2, 0) is 11.2 Å². The average molecular weight is 374 g/mol. The molecule has 5 heteroatoms. The molecule has 140 valence electrons. The molecule has 0 unspecified atom stereocenters. The predicted molar refractivity (Wildman–Crippen MR) is 105 cm³/mol. The first-order chi connectivity index (χ1) is 12.7. The van der Waals surface area contributed by atoms with Crippen LogP contribution in [0.3, 0.4) is 0 Å². The lowest BCUT2D eigenvalue weighted by molar-refractivity contribution is -0.0382. The summed E-state index contributed by atoms with van der Waals surface area (Å²) in [5.41, 5.74) is 2.60. The first-order valence-corrected chi connectivity index (χ1v) is 10.2. The van der Waals surface area contributed by atoms with Gasteiger partial charge < -0.3 is 4.74 Å². The fraction of sp³-hybridized carbons (Fsp3) is 0.571. The van der Waals surface area contributed by atoms with Gasteiger partial charge in [-0.15, -0.1) is 0 Å². The fourth-order valence-electron chi connectivity index (χ4n) is 4.50. The quantitative estimate of drug-likeness (QED) is 0.801. The molecule has 1 saturated carbocycles. The van der Waals surface area contributed by atoms with Crippen LogP contribution < -0.4 is 0 Å². The maximum absolute atomic E-state index is 6.03. The van der Waals surface area contributed by atoms with Crippen LogP contribution in [0.4, 0.5) is 0 Å². The minimum atomic E-state index is 0.471. The van der Waals surface area contributed by atoms with Crippen molar-refractivity contribution in [2.24, 2.45) is 0 Å². The van der Waals surface area contributed by atoms with E-state index in [4.69, 9.17) is 16.3 Å². The molecule has 26 heavy (non-hydrogen) atoms. The second-order valence-corrected chi connectivity index (χ2v) is 8.19. The van der Waals surface area contributed by atoms with Gasteiger partial charge in [0, 0.05) is 29.8 Å². The number of benzene rings is 1. The van der Waals surface area contributed by atoms with Crippen LogP contribution in [0.5, 0.6) is 0 Å². The average Bonchev–Trinajstić information content (AvgIpc) is 3.11. The van der Waals surface area contributed by atoms with Gasteiger partial charge in [0.1, 0.15) is 0 Å². The molecule has 0 radical (unpaired) electrons. The molecule has 2 aliphatic rings. The third kappa shape index (κ3) is 4.13. The van der Waals surface area contributed by atoms with E-state index in [9.17, 15) is 0 Å². The zero-order valence-electron chi connectivity index (χ0n) is 15.5. The minimum absolute atomic E-state index is 0.471. The number of ether oxygens (including phenoxy) is 1. The number of rotatable bonds is 4. The highest BCUT2D eigenvalue weighted by atomic mass is 35.5. The van der Waals surface area contributed by atoms with Gasteiger partial charge in [-0.25, -0.2) is 0 Å². The summed E-state index contributed by atoms with van der Waals surface area (Å²) in [7, 11) is 0. The first-order valence-electron chi connectivity index (χ1n) is 9.78. The van der Waals surface area contributed by atoms with E-state index in [-0.39, 0.29) is 0 Å². The number of halogens is 1. The maximum atomic E-state index is 6.03. The van der Waals surface area contributed by atoms with Crippen molar-refractivity contribution in [3.63, 3.8) is 0 Å². The summed E-state index contributed by atoms with van der Waals surface area (Å²) in [6, 6.07) is 9.97. The van der Waals surface area contributed by atoms with Crippen molar-refractivity contribution >= 4 is 11.6 Å². The summed E-state index contributed by atoms with van der Waals surface area (Å²) in [6.07, 6.45) is 10.1. The fourth-order valence-corrected chi connectivity index (χ4v) is 4.63. The van der Waals surface area contributed by atoms with Crippen LogP contribution >= 0.6 is 11.6 Å². The minimum Gasteiger partial charge on any atom is -0.378 e. The van der Waals surface area contributed by atoms with Gasteiger partial charge in [0.25, 0.3) is 0 Å². The van der Waals surface area contributed by atoms with E-state index in [1.807, 2.05) is 18.3 Å². The number of nitrogens with zero attached hydrogens (tertiary/aromatic N) is 3. The molecule has 2 fully saturated rings. The molecule has 1 aromatic carbocycles. The molecular formula is C21H28ClN3O. The Bertz CT molecular complexity index is 706. The second kappa shape index (κ2) is 8.12. The molecule has 0 spiro atoms. The van der Waals surface area contributed by atoms with Gasteiger partial charge in [0.15, 0.2) is 0 Å². The Morgan fingerprint density at radius 1 is 1.12 bits per heavy atom. The summed E-state index contributed by atoms with van der Waals surface area (Å²) in [4.78, 5) is 2.71. The molecule has 4 nitrogen and oxygen atoms in total. The van der Waals surface area contributed by atoms with Gasteiger partial charge >= 0.3 is 0 Å². The van der Waals surface area contributed by atoms with Gasteiger partial charge in [0.05, 0.1) is 25.5 Å². The number of aromatic nitrogens is 2. The molecule has 2 heterocycles. The van der Waals surface area contributed by atoms with E-state index in [2.05, 4.69) is 39.9 Å². The zero-order chi connectivity index (χ0) is 17.9. The number of hydrogen-bond donors (Lipinski definition) is 0. The second-order valence-electron chi connectivity index (χ2n) is 7.76. The molecular weight excluding hydrogens is 346 g/mol. The Balaban J connectivity index is 1.38. The van der Waals surface area contributed by atoms with E-state index in [0.717, 1.165) is 31.2 Å². The monoisotopic (exact) mass is 373 g/mol. The van der Waals surface area contributed by atoms with Gasteiger partial charge in [-0.3, -0.25) is 9.58 Å². The molecule has 0 N–H and O–H groups in total. The van der Waals surface area contributed by atoms with Crippen molar-refractivity contribution in [3.8, 4) is 0 Å². The predicted octanol–water partition coefficient (Wildman–Crippen LogP) is 4.27. The van der Waals surface area contributed by atoms with Crippen molar-refractivity contribution in [1.82, 2.24) is 14.7 Å². The number of morpholine rings is 1. The Hall–Kier alpha value is -1.36. The molecule has 1 aliphatic heterocycles. The third-order valence-electron chi connectivity index (χ3n) is 5.90. The van der Waals surface area contributed by atoms with Crippen LogP contribution in [0.2, 0.25) is 5.02 Å². The highest BCUT2D eigenvalue weighted by molar-refractivity contribution is 6.30. The lowest BCUT2D eigenvalue weighted by Crippen LogP contribution is -2.52. The maximum Gasteiger partial charge on any atom is 0.0625 e. The standard InChI is InChI=1S/C21H28ClN3O/c1-16-13-23-25(14-16)20-8-6-19(7-9-20)24-10-11-26-15-21(24)12-17-2-4-18(22)5-3-17/h2-5,13-14,19-21H,6-12,15H2,1H3/t19?,20?,21-/m0/s1. The van der Waals surface area contributed by atoms with Crippen LogP contribution in [-0.4, -0.2) is 46.5 Å². The highest BCUT2D eigenvalue weighted by Gasteiger charge is 2.33. The molecule has 2 aromatic rings. The van der Waals surface area contributed by atoms with Crippen molar-refractivity contribution in [2.45, 2.75) is 57.2 Å². The lowest BCUT2D eigenvalue weighted by Gasteiger charge is -2.44. The van der Waals surface area contributed by atoms with E-state index in [0.29, 0.717) is 18.1 Å². The number of hydrogen-bond acceptors (Lipinski definition) is 3. The lowest BCUT2D eigenvalue weighted by atomic mass is 9.88. The Morgan fingerprint density at radius 2 is 1.85 bits per heavy atom. The summed E-state index contributed by atoms with van der Waals surface area (Å²) < 4.78 is 7.99. The van der Waals surface area contributed by atoms with E-state index >= 15 is 0 Å². The normalized spacial score (nSPS) is 27.5. The third-order valence-corrected chi connectivity index (χ3v) is 6.15. The van der Waals surface area contributed by atoms with Crippen molar-refractivity contribution in [2.75, 3.05) is 19.8 Å². The molecule has 1 aromatic heterocycles. The summed E-state index contributed by atoms with van der Waals surface area (Å²) in [5, 5.41) is 5.33. The summed E-state index contributed by atoms with van der Waals surface area (Å²) in [5.74, 6) is 0. The molecule has 0 bridgehead atoms. The van der Waals surface area contributed by atoms with E-state index < -0.39 is 0 Å². The van der Waals surface area contributed by atoms with Crippen molar-refractivity contribution in [1.29, 1.82) is 0 Å². The van der Waals surface area contributed by atoms with Crippen LogP contribution in [0.25, 0.3) is 0 Å². The van der Waals surface area contributed by atoms with Crippen LogP contribution in [0.1, 0.15) is 42.9 Å². The Morgan fingerprint density at radius 3 is 2.54 bits per heavy atom. The van der Waals surface area contributed by atoms with Crippen LogP contribution in [0, 0.1) is 6.92 Å². The molecule has 1 aliphatic carbocycles. The molecule has 0 amide bonds. The van der Waals surface area contributed by atoms with Gasteiger partial charge in [-0.05, 0) is 62.3 Å². The molecule has 1 atom stereocenters. The van der Waals surface area contributed by atoms with Gasteiger partial charge in [0.2, 0.25) is 0 Å². The summed E-state index contributed by atoms with van der Waals surface area (Å²) >= 11 is 6.03. The van der Waals surface area contributed by atoms with E-state index in [1.54, 1.807) is 0 Å². The Labute approximate surface area is 161 Å². The number of aryl methyl sites for hydroxylation is 1. The molecule has 1 saturated heterocycles. The van der Waals surface area contributed by atoms with Crippen molar-refractivity contribution in [3.05, 3.63) is 52.8 Å². The largest absolute Gasteiger partial charge is 0.378 e. The smallest absolute Gasteiger partial charge is 0.0625 e. The van der Waals surface area contributed by atoms with Gasteiger partial charge in [-0.1, -0.05) is 23.7 Å². The van der Waals surface area contributed by atoms with Crippen molar-refractivity contribution < 1.29 is 4.74 Å². The summed E-state index contributed by atoms with van der Waals surface area (Å²) in [6.45, 7) is 4.86. The van der Waals surface area contributed by atoms with Gasteiger partial charge in [-0.2, -0.15) is 5.10 Å². The zero-order valence-corrected chi connectivity index (χ0v) is 16.2. The Kier molecular flexibility index (Phi) is 5.63. The topological polar surface area (TPSA) is 30.3 Å². The first kappa shape index (κ1) is 18.0. The van der Waals surface area contributed by atoms with Crippen LogP contribution in [0.15, 0.2) is 36.7 Å². The SMILES string of the molecule is Cc1cnn(C2CCC(N3CCOC[C@@H]3Cc3ccc(Cl)cc3)CC2)c1. The van der Waals surface area contributed by atoms with E-state index in [1.165, 1.54) is 36.8 Å². The molecule has 4 rings (SSSR count).